The first-order valence-corrected chi connectivity index (χ1v) is 9.32. The Morgan fingerprint density at radius 1 is 0.867 bits per heavy atom. The summed E-state index contributed by atoms with van der Waals surface area (Å²) in [5, 5.41) is 23.5. The predicted octanol–water partition coefficient (Wildman–Crippen LogP) is 3.54. The molecule has 3 rings (SSSR count). The van der Waals surface area contributed by atoms with Crippen LogP contribution in [0.5, 0.6) is 0 Å². The number of amides is 1. The molecule has 0 aliphatic carbocycles. The van der Waals surface area contributed by atoms with E-state index >= 15 is 0 Å². The van der Waals surface area contributed by atoms with Gasteiger partial charge in [0.15, 0.2) is 0 Å². The van der Waals surface area contributed by atoms with Crippen molar-refractivity contribution in [2.75, 3.05) is 0 Å². The van der Waals surface area contributed by atoms with Gasteiger partial charge in [-0.05, 0) is 11.1 Å². The summed E-state index contributed by atoms with van der Waals surface area (Å²) in [7, 11) is 0. The van der Waals surface area contributed by atoms with Gasteiger partial charge in [0.2, 0.25) is 5.91 Å². The number of hydrogen-bond acceptors (Lipinski definition) is 4. The predicted molar refractivity (Wildman–Crippen MR) is 111 cm³/mol. The fourth-order valence-corrected chi connectivity index (χ4v) is 3.32. The number of carbonyl (C=O) groups excluding carboxylic acids is 1. The molecular formula is C23H20N2O5. The van der Waals surface area contributed by atoms with Gasteiger partial charge in [0.05, 0.1) is 10.8 Å². The second kappa shape index (κ2) is 9.47. The van der Waals surface area contributed by atoms with Crippen LogP contribution in [-0.4, -0.2) is 27.9 Å². The molecule has 0 aliphatic rings. The number of carboxylic acid groups (broad SMARTS) is 1. The summed E-state index contributed by atoms with van der Waals surface area (Å²) in [6.07, 6.45) is -0.200. The largest absolute Gasteiger partial charge is 0.480 e. The maximum absolute atomic E-state index is 13.2. The molecule has 0 aromatic heterocycles. The number of nitrogens with zero attached hydrogens (tertiary/aromatic N) is 1. The highest BCUT2D eigenvalue weighted by Crippen LogP contribution is 2.25. The third kappa shape index (κ3) is 4.88. The Hall–Kier alpha value is -4.00. The van der Waals surface area contributed by atoms with Crippen molar-refractivity contribution in [3.8, 4) is 0 Å². The molecule has 0 spiro atoms. The van der Waals surface area contributed by atoms with Crippen molar-refractivity contribution >= 4 is 17.6 Å². The van der Waals surface area contributed by atoms with E-state index in [1.54, 1.807) is 54.6 Å². The lowest BCUT2D eigenvalue weighted by molar-refractivity contribution is -0.385. The third-order valence-electron chi connectivity index (χ3n) is 4.75. The first-order chi connectivity index (χ1) is 14.5. The van der Waals surface area contributed by atoms with Gasteiger partial charge in [0.1, 0.15) is 6.04 Å². The van der Waals surface area contributed by atoms with Gasteiger partial charge in [-0.1, -0.05) is 78.9 Å². The zero-order valence-electron chi connectivity index (χ0n) is 16.0. The maximum Gasteiger partial charge on any atom is 0.326 e. The molecule has 0 radical (unpaired) electrons. The number of carboxylic acids is 1. The first-order valence-electron chi connectivity index (χ1n) is 9.32. The van der Waals surface area contributed by atoms with Gasteiger partial charge in [-0.15, -0.1) is 0 Å². The molecule has 152 valence electrons. The van der Waals surface area contributed by atoms with E-state index in [1.165, 1.54) is 18.2 Å². The molecule has 1 unspecified atom stereocenters. The Balaban J connectivity index is 1.89. The zero-order valence-corrected chi connectivity index (χ0v) is 16.0. The Labute approximate surface area is 173 Å². The van der Waals surface area contributed by atoms with Crippen molar-refractivity contribution in [3.63, 3.8) is 0 Å². The fourth-order valence-electron chi connectivity index (χ4n) is 3.32. The van der Waals surface area contributed by atoms with Gasteiger partial charge in [0, 0.05) is 18.1 Å². The van der Waals surface area contributed by atoms with Gasteiger partial charge < -0.3 is 10.4 Å². The first kappa shape index (κ1) is 20.7. The molecular weight excluding hydrogens is 384 g/mol. The lowest BCUT2D eigenvalue weighted by Gasteiger charge is -2.21. The number of benzene rings is 3. The second-order valence-corrected chi connectivity index (χ2v) is 6.74. The van der Waals surface area contributed by atoms with E-state index in [-0.39, 0.29) is 17.7 Å². The van der Waals surface area contributed by atoms with Gasteiger partial charge in [-0.3, -0.25) is 14.9 Å². The monoisotopic (exact) mass is 404 g/mol. The average Bonchev–Trinajstić information content (AvgIpc) is 2.75. The molecule has 1 amide bonds. The van der Waals surface area contributed by atoms with Gasteiger partial charge in [-0.25, -0.2) is 4.79 Å². The molecule has 0 heterocycles. The topological polar surface area (TPSA) is 110 Å². The Kier molecular flexibility index (Phi) is 6.54. The van der Waals surface area contributed by atoms with Crippen LogP contribution in [0.4, 0.5) is 5.69 Å². The number of nitrogens with one attached hydrogen (secondary N) is 1. The smallest absolute Gasteiger partial charge is 0.326 e. The van der Waals surface area contributed by atoms with E-state index in [0.29, 0.717) is 0 Å². The molecule has 0 bridgehead atoms. The van der Waals surface area contributed by atoms with E-state index in [1.807, 2.05) is 12.1 Å². The van der Waals surface area contributed by atoms with Crippen LogP contribution in [0.25, 0.3) is 0 Å². The highest BCUT2D eigenvalue weighted by atomic mass is 16.6. The summed E-state index contributed by atoms with van der Waals surface area (Å²) in [6, 6.07) is 22.7. The van der Waals surface area contributed by atoms with Gasteiger partial charge in [0.25, 0.3) is 5.69 Å². The molecule has 0 fully saturated rings. The van der Waals surface area contributed by atoms with E-state index < -0.39 is 28.8 Å². The minimum atomic E-state index is -1.31. The van der Waals surface area contributed by atoms with Crippen LogP contribution in [0.1, 0.15) is 22.6 Å². The molecule has 1 atom stereocenters. The highest BCUT2D eigenvalue weighted by molar-refractivity contribution is 5.90. The SMILES string of the molecule is O=C(O)C(Cc1ccccc1[N+](=O)[O-])NC(=O)C(c1ccccc1)c1ccccc1. The second-order valence-electron chi connectivity index (χ2n) is 6.74. The Morgan fingerprint density at radius 2 is 1.37 bits per heavy atom. The van der Waals surface area contributed by atoms with Crippen LogP contribution in [0.2, 0.25) is 0 Å². The highest BCUT2D eigenvalue weighted by Gasteiger charge is 2.29. The summed E-state index contributed by atoms with van der Waals surface area (Å²) < 4.78 is 0. The minimum absolute atomic E-state index is 0.180. The third-order valence-corrected chi connectivity index (χ3v) is 4.75. The number of nitro benzene ring substituents is 1. The van der Waals surface area contributed by atoms with Gasteiger partial charge >= 0.3 is 5.97 Å². The number of rotatable bonds is 8. The van der Waals surface area contributed by atoms with E-state index in [9.17, 15) is 24.8 Å². The number of para-hydroxylation sites is 1. The summed E-state index contributed by atoms with van der Waals surface area (Å²) in [4.78, 5) is 35.7. The standard InChI is InChI=1S/C23H20N2O5/c26-22(21(16-9-3-1-4-10-16)17-11-5-2-6-12-17)24-19(23(27)28)15-18-13-7-8-14-20(18)25(29)30/h1-14,19,21H,15H2,(H,24,26)(H,27,28). The molecule has 7 heteroatoms. The lowest BCUT2D eigenvalue weighted by Crippen LogP contribution is -2.44. The normalized spacial score (nSPS) is 11.6. The molecule has 2 N–H and O–H groups in total. The molecule has 0 saturated heterocycles. The summed E-state index contributed by atoms with van der Waals surface area (Å²) >= 11 is 0. The number of nitro groups is 1. The lowest BCUT2D eigenvalue weighted by atomic mass is 9.90. The number of hydrogen-bond donors (Lipinski definition) is 2. The molecule has 7 nitrogen and oxygen atoms in total. The number of carbonyl (C=O) groups is 2. The summed E-state index contributed by atoms with van der Waals surface area (Å²) in [6.45, 7) is 0. The van der Waals surface area contributed by atoms with Crippen molar-refractivity contribution in [2.45, 2.75) is 18.4 Å². The number of aliphatic carboxylic acids is 1. The molecule has 3 aromatic carbocycles. The fraction of sp³-hybridized carbons (Fsp3) is 0.130. The van der Waals surface area contributed by atoms with Crippen LogP contribution in [0.15, 0.2) is 84.9 Å². The van der Waals surface area contributed by atoms with E-state index in [0.717, 1.165) is 11.1 Å². The van der Waals surface area contributed by atoms with Crippen molar-refractivity contribution < 1.29 is 19.6 Å². The summed E-state index contributed by atoms with van der Waals surface area (Å²) in [5.74, 6) is -2.46. The van der Waals surface area contributed by atoms with Crippen LogP contribution >= 0.6 is 0 Å². The van der Waals surface area contributed by atoms with Crippen LogP contribution in [0.3, 0.4) is 0 Å². The summed E-state index contributed by atoms with van der Waals surface area (Å²) in [5.41, 5.74) is 1.50. The van der Waals surface area contributed by atoms with Crippen LogP contribution in [-0.2, 0) is 16.0 Å². The van der Waals surface area contributed by atoms with Gasteiger partial charge in [-0.2, -0.15) is 0 Å². The molecule has 0 aliphatic heterocycles. The minimum Gasteiger partial charge on any atom is -0.480 e. The quantitative estimate of drug-likeness (QED) is 0.441. The maximum atomic E-state index is 13.2. The Morgan fingerprint density at radius 3 is 1.87 bits per heavy atom. The van der Waals surface area contributed by atoms with Crippen molar-refractivity contribution in [2.24, 2.45) is 0 Å². The van der Waals surface area contributed by atoms with E-state index in [2.05, 4.69) is 5.32 Å². The Bertz CT molecular complexity index is 998. The molecule has 30 heavy (non-hydrogen) atoms. The van der Waals surface area contributed by atoms with E-state index in [4.69, 9.17) is 0 Å². The average molecular weight is 404 g/mol. The van der Waals surface area contributed by atoms with Crippen molar-refractivity contribution in [3.05, 3.63) is 112 Å². The van der Waals surface area contributed by atoms with Crippen LogP contribution < -0.4 is 5.32 Å². The van der Waals surface area contributed by atoms with Crippen LogP contribution in [0, 0.1) is 10.1 Å². The van der Waals surface area contributed by atoms with Crippen molar-refractivity contribution in [1.82, 2.24) is 5.32 Å². The zero-order chi connectivity index (χ0) is 21.5. The molecule has 0 saturated carbocycles. The molecule has 3 aromatic rings. The van der Waals surface area contributed by atoms with Crippen molar-refractivity contribution in [1.29, 1.82) is 0 Å².